The lowest BCUT2D eigenvalue weighted by atomic mass is 9.97. The number of fused-ring (bicyclic) bond motifs is 1. The maximum Gasteiger partial charge on any atom is 0.303 e. The van der Waals surface area contributed by atoms with Crippen molar-refractivity contribution in [2.75, 3.05) is 6.61 Å². The van der Waals surface area contributed by atoms with Gasteiger partial charge in [0.2, 0.25) is 12.4 Å². The largest absolute Gasteiger partial charge is 0.461 e. The van der Waals surface area contributed by atoms with Crippen molar-refractivity contribution in [3.05, 3.63) is 65.7 Å². The van der Waals surface area contributed by atoms with Gasteiger partial charge in [0.1, 0.15) is 18.0 Å². The molecule has 0 saturated carbocycles. The highest BCUT2D eigenvalue weighted by Gasteiger charge is 2.54. The van der Waals surface area contributed by atoms with Gasteiger partial charge in [-0.25, -0.2) is 0 Å². The number of ketones is 1. The van der Waals surface area contributed by atoms with E-state index in [0.717, 1.165) is 5.56 Å². The van der Waals surface area contributed by atoms with Crippen LogP contribution in [0.2, 0.25) is 0 Å². The van der Waals surface area contributed by atoms with E-state index < -0.39 is 48.9 Å². The Morgan fingerprint density at radius 2 is 1.47 bits per heavy atom. The Morgan fingerprint density at radius 3 is 2.09 bits per heavy atom. The normalized spacial score (nSPS) is 28.3. The molecule has 6 atom stereocenters. The molecule has 0 aromatic heterocycles. The average molecular weight is 470 g/mol. The van der Waals surface area contributed by atoms with E-state index in [0.29, 0.717) is 11.3 Å². The molecule has 2 aromatic carbocycles. The molecule has 9 nitrogen and oxygen atoms in total. The van der Waals surface area contributed by atoms with E-state index in [1.807, 2.05) is 30.3 Å². The minimum Gasteiger partial charge on any atom is -0.461 e. The van der Waals surface area contributed by atoms with Crippen molar-refractivity contribution in [3.8, 4) is 5.75 Å². The van der Waals surface area contributed by atoms with Crippen LogP contribution in [0.5, 0.6) is 5.75 Å². The van der Waals surface area contributed by atoms with Crippen LogP contribution in [-0.2, 0) is 33.3 Å². The Bertz CT molecular complexity index is 1020. The van der Waals surface area contributed by atoms with Gasteiger partial charge in [0.25, 0.3) is 0 Å². The summed E-state index contributed by atoms with van der Waals surface area (Å²) in [6.07, 6.45) is -5.36. The molecule has 2 aromatic rings. The Morgan fingerprint density at radius 1 is 0.824 bits per heavy atom. The van der Waals surface area contributed by atoms with Crippen molar-refractivity contribution in [2.45, 2.75) is 57.8 Å². The maximum absolute atomic E-state index is 12.0. The summed E-state index contributed by atoms with van der Waals surface area (Å²) in [6, 6.07) is 15.8. The second kappa shape index (κ2) is 10.3. The first-order chi connectivity index (χ1) is 16.3. The molecule has 2 aliphatic rings. The minimum atomic E-state index is -1.11. The quantitative estimate of drug-likeness (QED) is 0.465. The first-order valence-corrected chi connectivity index (χ1v) is 10.9. The predicted molar refractivity (Wildman–Crippen MR) is 117 cm³/mol. The molecule has 0 radical (unpaired) electrons. The van der Waals surface area contributed by atoms with Gasteiger partial charge >= 0.3 is 11.9 Å². The monoisotopic (exact) mass is 470 g/mol. The van der Waals surface area contributed by atoms with Gasteiger partial charge in [-0.2, -0.15) is 0 Å². The number of rotatable bonds is 6. The van der Waals surface area contributed by atoms with Gasteiger partial charge in [-0.3, -0.25) is 14.4 Å². The van der Waals surface area contributed by atoms with Crippen molar-refractivity contribution < 1.29 is 42.8 Å². The van der Waals surface area contributed by atoms with Crippen LogP contribution in [0, 0.1) is 0 Å². The summed E-state index contributed by atoms with van der Waals surface area (Å²) in [6.45, 7) is 4.11. The van der Waals surface area contributed by atoms with Crippen LogP contribution in [0.15, 0.2) is 54.6 Å². The van der Waals surface area contributed by atoms with Gasteiger partial charge in [0.15, 0.2) is 18.2 Å². The van der Waals surface area contributed by atoms with Crippen LogP contribution in [0.25, 0.3) is 0 Å². The summed E-state index contributed by atoms with van der Waals surface area (Å²) in [7, 11) is 0. The fourth-order valence-corrected chi connectivity index (χ4v) is 3.97. The van der Waals surface area contributed by atoms with Gasteiger partial charge in [-0.1, -0.05) is 30.3 Å². The van der Waals surface area contributed by atoms with E-state index >= 15 is 0 Å². The van der Waals surface area contributed by atoms with E-state index in [1.165, 1.54) is 20.8 Å². The zero-order valence-corrected chi connectivity index (χ0v) is 19.0. The first-order valence-electron chi connectivity index (χ1n) is 10.9. The third kappa shape index (κ3) is 5.44. The molecule has 2 heterocycles. The Hall–Kier alpha value is -3.27. The second-order valence-electron chi connectivity index (χ2n) is 8.07. The van der Waals surface area contributed by atoms with Crippen LogP contribution in [0.4, 0.5) is 0 Å². The van der Waals surface area contributed by atoms with Crippen LogP contribution in [0.3, 0.4) is 0 Å². The lowest BCUT2D eigenvalue weighted by molar-refractivity contribution is -0.351. The summed E-state index contributed by atoms with van der Waals surface area (Å²) >= 11 is 0. The van der Waals surface area contributed by atoms with Gasteiger partial charge < -0.3 is 28.4 Å². The second-order valence-corrected chi connectivity index (χ2v) is 8.07. The lowest BCUT2D eigenvalue weighted by Gasteiger charge is -2.47. The summed E-state index contributed by atoms with van der Waals surface area (Å²) in [4.78, 5) is 35.5. The molecule has 0 unspecified atom stereocenters. The van der Waals surface area contributed by atoms with E-state index in [4.69, 9.17) is 28.4 Å². The lowest BCUT2D eigenvalue weighted by Crippen LogP contribution is -2.64. The number of hydrogen-bond acceptors (Lipinski definition) is 9. The minimum absolute atomic E-state index is 0.0829. The average Bonchev–Trinajstić information content (AvgIpc) is 2.81. The molecule has 34 heavy (non-hydrogen) atoms. The Kier molecular flexibility index (Phi) is 7.26. The molecule has 0 N–H and O–H groups in total. The molecule has 0 bridgehead atoms. The van der Waals surface area contributed by atoms with E-state index in [2.05, 4.69) is 0 Å². The molecular formula is C25H26O9. The summed E-state index contributed by atoms with van der Waals surface area (Å²) in [5.74, 6) is -0.873. The molecule has 4 rings (SSSR count). The maximum atomic E-state index is 12.0. The highest BCUT2D eigenvalue weighted by Crippen LogP contribution is 2.37. The van der Waals surface area contributed by atoms with Gasteiger partial charge in [0.05, 0.1) is 6.61 Å². The highest BCUT2D eigenvalue weighted by molar-refractivity contribution is 5.94. The van der Waals surface area contributed by atoms with E-state index in [9.17, 15) is 14.4 Å². The molecular weight excluding hydrogens is 444 g/mol. The van der Waals surface area contributed by atoms with E-state index in [1.54, 1.807) is 24.3 Å². The number of benzene rings is 2. The third-order valence-corrected chi connectivity index (χ3v) is 5.47. The number of carbonyl (C=O) groups excluding carboxylic acids is 3. The van der Waals surface area contributed by atoms with Gasteiger partial charge in [-0.05, 0) is 31.2 Å². The van der Waals surface area contributed by atoms with Crippen molar-refractivity contribution in [2.24, 2.45) is 0 Å². The molecule has 2 aliphatic heterocycles. The smallest absolute Gasteiger partial charge is 0.303 e. The van der Waals surface area contributed by atoms with Crippen LogP contribution < -0.4 is 4.74 Å². The number of ether oxygens (including phenoxy) is 6. The number of hydrogen-bond donors (Lipinski definition) is 0. The molecule has 2 fully saturated rings. The standard InChI is InChI=1S/C25H26O9/c1-14(26)17-9-11-19(12-10-17)32-25-23(31-16(3)28)22(30-15(2)27)21-20(33-25)13-29-24(34-21)18-7-5-4-6-8-18/h4-12,20-25H,13H2,1-3H3/t20-,21-,22-,23+,24+,25-/m1/s1. The van der Waals surface area contributed by atoms with Crippen molar-refractivity contribution >= 4 is 17.7 Å². The zero-order valence-electron chi connectivity index (χ0n) is 19.0. The molecule has 180 valence electrons. The Labute approximate surface area is 196 Å². The van der Waals surface area contributed by atoms with Crippen molar-refractivity contribution in [1.29, 1.82) is 0 Å². The summed E-state index contributed by atoms with van der Waals surface area (Å²) in [5.41, 5.74) is 1.31. The predicted octanol–water partition coefficient (Wildman–Crippen LogP) is 2.97. The molecule has 0 amide bonds. The van der Waals surface area contributed by atoms with Crippen LogP contribution >= 0.6 is 0 Å². The SMILES string of the molecule is CC(=O)O[C@H]1[C@H](OC(C)=O)[C@H](Oc2ccc(C(C)=O)cc2)O[C@@H]2CO[C@H](c3ccccc3)O[C@@H]12. The topological polar surface area (TPSA) is 107 Å². The molecule has 2 saturated heterocycles. The number of carbonyl (C=O) groups is 3. The van der Waals surface area contributed by atoms with Gasteiger partial charge in [-0.15, -0.1) is 0 Å². The summed E-state index contributed by atoms with van der Waals surface area (Å²) in [5, 5.41) is 0. The molecule has 0 aliphatic carbocycles. The highest BCUT2D eigenvalue weighted by atomic mass is 16.8. The number of esters is 2. The fraction of sp³-hybridized carbons (Fsp3) is 0.400. The van der Waals surface area contributed by atoms with Gasteiger partial charge in [0, 0.05) is 25.0 Å². The number of Topliss-reactive ketones (excluding diaryl/α,β-unsaturated/α-hetero) is 1. The first kappa shape index (κ1) is 23.9. The summed E-state index contributed by atoms with van der Waals surface area (Å²) < 4.78 is 35.1. The molecule has 9 heteroatoms. The van der Waals surface area contributed by atoms with Crippen molar-refractivity contribution in [3.63, 3.8) is 0 Å². The zero-order chi connectivity index (χ0) is 24.2. The van der Waals surface area contributed by atoms with Crippen molar-refractivity contribution in [1.82, 2.24) is 0 Å². The fourth-order valence-electron chi connectivity index (χ4n) is 3.97. The van der Waals surface area contributed by atoms with E-state index in [-0.39, 0.29) is 12.4 Å². The van der Waals surface area contributed by atoms with Crippen LogP contribution in [0.1, 0.15) is 43.0 Å². The Balaban J connectivity index is 1.60. The third-order valence-electron chi connectivity index (χ3n) is 5.47. The van der Waals surface area contributed by atoms with Crippen LogP contribution in [-0.4, -0.2) is 55.0 Å². The molecule has 0 spiro atoms.